The normalized spacial score (nSPS) is 9.79. The Kier molecular flexibility index (Phi) is 4.03. The van der Waals surface area contributed by atoms with Gasteiger partial charge in [0.2, 0.25) is 0 Å². The summed E-state index contributed by atoms with van der Waals surface area (Å²) in [5, 5.41) is 11.8. The fourth-order valence-electron chi connectivity index (χ4n) is 1.63. The summed E-state index contributed by atoms with van der Waals surface area (Å²) < 4.78 is 19.3. The number of hydrogen-bond donors (Lipinski definition) is 1. The van der Waals surface area contributed by atoms with Crippen LogP contribution in [0.1, 0.15) is 5.56 Å². The average Bonchev–Trinajstić information content (AvgIpc) is 2.40. The van der Waals surface area contributed by atoms with Gasteiger partial charge in [-0.1, -0.05) is 0 Å². The van der Waals surface area contributed by atoms with E-state index in [1.54, 1.807) is 19.2 Å². The van der Waals surface area contributed by atoms with Gasteiger partial charge in [0.05, 0.1) is 23.2 Å². The molecule has 96 valence electrons. The summed E-state index contributed by atoms with van der Waals surface area (Å²) in [7, 11) is 1.57. The van der Waals surface area contributed by atoms with Crippen molar-refractivity contribution in [1.82, 2.24) is 0 Å². The van der Waals surface area contributed by atoms with Gasteiger partial charge in [0.25, 0.3) is 0 Å². The molecule has 0 atom stereocenters. The lowest BCUT2D eigenvalue weighted by Crippen LogP contribution is -1.93. The lowest BCUT2D eigenvalue weighted by Gasteiger charge is -2.10. The molecule has 0 fully saturated rings. The summed E-state index contributed by atoms with van der Waals surface area (Å²) in [6, 6.07) is 11.4. The molecule has 19 heavy (non-hydrogen) atoms. The van der Waals surface area contributed by atoms with Crippen molar-refractivity contribution in [1.29, 1.82) is 5.26 Å². The summed E-state index contributed by atoms with van der Waals surface area (Å²) in [6.07, 6.45) is 0. The van der Waals surface area contributed by atoms with Crippen LogP contribution in [0.15, 0.2) is 40.9 Å². The number of anilines is 2. The molecule has 0 spiro atoms. The van der Waals surface area contributed by atoms with Crippen LogP contribution in [-0.2, 0) is 0 Å². The van der Waals surface area contributed by atoms with Gasteiger partial charge in [0.15, 0.2) is 0 Å². The van der Waals surface area contributed by atoms with Crippen molar-refractivity contribution in [3.63, 3.8) is 0 Å². The Morgan fingerprint density at radius 1 is 1.21 bits per heavy atom. The molecule has 0 saturated heterocycles. The van der Waals surface area contributed by atoms with Gasteiger partial charge in [0, 0.05) is 17.4 Å². The molecule has 0 unspecified atom stereocenters. The van der Waals surface area contributed by atoms with E-state index < -0.39 is 5.82 Å². The average molecular weight is 321 g/mol. The third-order valence-electron chi connectivity index (χ3n) is 2.47. The Balaban J connectivity index is 2.31. The van der Waals surface area contributed by atoms with Crippen LogP contribution < -0.4 is 10.1 Å². The SMILES string of the molecule is COc1cc(Nc2cc(F)cc(C#N)c2)ccc1Br. The van der Waals surface area contributed by atoms with Crippen molar-refractivity contribution >= 4 is 27.3 Å². The minimum absolute atomic E-state index is 0.270. The quantitative estimate of drug-likeness (QED) is 0.921. The number of halogens is 2. The topological polar surface area (TPSA) is 45.0 Å². The molecule has 0 aliphatic carbocycles. The second kappa shape index (κ2) is 5.72. The second-order valence-electron chi connectivity index (χ2n) is 3.81. The van der Waals surface area contributed by atoms with Crippen molar-refractivity contribution in [2.75, 3.05) is 12.4 Å². The Morgan fingerprint density at radius 3 is 2.68 bits per heavy atom. The lowest BCUT2D eigenvalue weighted by molar-refractivity contribution is 0.412. The highest BCUT2D eigenvalue weighted by Gasteiger charge is 2.04. The monoisotopic (exact) mass is 320 g/mol. The molecule has 0 saturated carbocycles. The molecule has 0 amide bonds. The highest BCUT2D eigenvalue weighted by molar-refractivity contribution is 9.10. The van der Waals surface area contributed by atoms with Crippen LogP contribution in [0.2, 0.25) is 0 Å². The van der Waals surface area contributed by atoms with Crippen LogP contribution in [0.5, 0.6) is 5.75 Å². The number of nitrogens with zero attached hydrogens (tertiary/aromatic N) is 1. The smallest absolute Gasteiger partial charge is 0.135 e. The van der Waals surface area contributed by atoms with Crippen LogP contribution in [0, 0.1) is 17.1 Å². The van der Waals surface area contributed by atoms with E-state index in [2.05, 4.69) is 21.2 Å². The van der Waals surface area contributed by atoms with E-state index in [4.69, 9.17) is 10.00 Å². The zero-order valence-corrected chi connectivity index (χ0v) is 11.7. The maximum Gasteiger partial charge on any atom is 0.135 e. The molecule has 2 aromatic carbocycles. The highest BCUT2D eigenvalue weighted by Crippen LogP contribution is 2.29. The Labute approximate surface area is 118 Å². The molecule has 2 rings (SSSR count). The van der Waals surface area contributed by atoms with Gasteiger partial charge < -0.3 is 10.1 Å². The molecule has 0 aliphatic rings. The summed E-state index contributed by atoms with van der Waals surface area (Å²) in [4.78, 5) is 0. The largest absolute Gasteiger partial charge is 0.495 e. The third-order valence-corrected chi connectivity index (χ3v) is 3.12. The van der Waals surface area contributed by atoms with Crippen LogP contribution in [-0.4, -0.2) is 7.11 Å². The second-order valence-corrected chi connectivity index (χ2v) is 4.67. The van der Waals surface area contributed by atoms with Crippen molar-refractivity contribution < 1.29 is 9.13 Å². The molecule has 5 heteroatoms. The number of ether oxygens (including phenoxy) is 1. The maximum absolute atomic E-state index is 13.3. The molecular weight excluding hydrogens is 311 g/mol. The number of nitriles is 1. The minimum Gasteiger partial charge on any atom is -0.495 e. The van der Waals surface area contributed by atoms with Gasteiger partial charge in [-0.15, -0.1) is 0 Å². The number of rotatable bonds is 3. The molecular formula is C14H10BrFN2O. The lowest BCUT2D eigenvalue weighted by atomic mass is 10.2. The van der Waals surface area contributed by atoms with E-state index in [0.717, 1.165) is 10.2 Å². The number of nitrogens with one attached hydrogen (secondary N) is 1. The summed E-state index contributed by atoms with van der Waals surface area (Å²) >= 11 is 3.35. The van der Waals surface area contributed by atoms with E-state index in [-0.39, 0.29) is 5.56 Å². The van der Waals surface area contributed by atoms with Crippen molar-refractivity contribution in [2.45, 2.75) is 0 Å². The Morgan fingerprint density at radius 2 is 2.00 bits per heavy atom. The predicted octanol–water partition coefficient (Wildman–Crippen LogP) is 4.21. The van der Waals surface area contributed by atoms with Gasteiger partial charge in [-0.25, -0.2) is 4.39 Å². The first-order valence-electron chi connectivity index (χ1n) is 5.43. The zero-order valence-electron chi connectivity index (χ0n) is 10.1. The third kappa shape index (κ3) is 3.24. The van der Waals surface area contributed by atoms with Gasteiger partial charge in [-0.05, 0) is 46.3 Å². The molecule has 2 aromatic rings. The molecule has 0 heterocycles. The first-order chi connectivity index (χ1) is 9.12. The van der Waals surface area contributed by atoms with Crippen molar-refractivity contribution in [3.05, 3.63) is 52.3 Å². The standard InChI is InChI=1S/C14H10BrFN2O/c1-19-14-7-11(2-3-13(14)15)18-12-5-9(8-17)4-10(16)6-12/h2-7,18H,1H3. The Hall–Kier alpha value is -2.06. The molecule has 0 aromatic heterocycles. The number of methoxy groups -OCH3 is 1. The summed E-state index contributed by atoms with van der Waals surface area (Å²) in [5.41, 5.74) is 1.53. The van der Waals surface area contributed by atoms with E-state index in [1.165, 1.54) is 12.1 Å². The Bertz CT molecular complexity index is 652. The summed E-state index contributed by atoms with van der Waals surface area (Å²) in [5.74, 6) is 0.215. The predicted molar refractivity (Wildman–Crippen MR) is 75.1 cm³/mol. The molecule has 0 aliphatic heterocycles. The van der Waals surface area contributed by atoms with Crippen LogP contribution in [0.3, 0.4) is 0 Å². The van der Waals surface area contributed by atoms with E-state index in [9.17, 15) is 4.39 Å². The first kappa shape index (κ1) is 13.4. The van der Waals surface area contributed by atoms with Crippen LogP contribution in [0.4, 0.5) is 15.8 Å². The zero-order chi connectivity index (χ0) is 13.8. The van der Waals surface area contributed by atoms with Gasteiger partial charge in [0.1, 0.15) is 11.6 Å². The summed E-state index contributed by atoms with van der Waals surface area (Å²) in [6.45, 7) is 0. The van der Waals surface area contributed by atoms with Crippen molar-refractivity contribution in [3.8, 4) is 11.8 Å². The highest BCUT2D eigenvalue weighted by atomic mass is 79.9. The maximum atomic E-state index is 13.3. The van der Waals surface area contributed by atoms with E-state index >= 15 is 0 Å². The van der Waals surface area contributed by atoms with Gasteiger partial charge in [-0.3, -0.25) is 0 Å². The number of benzene rings is 2. The van der Waals surface area contributed by atoms with Gasteiger partial charge in [-0.2, -0.15) is 5.26 Å². The molecule has 1 N–H and O–H groups in total. The molecule has 3 nitrogen and oxygen atoms in total. The molecule has 0 radical (unpaired) electrons. The fraction of sp³-hybridized carbons (Fsp3) is 0.0714. The van der Waals surface area contributed by atoms with Gasteiger partial charge >= 0.3 is 0 Å². The van der Waals surface area contributed by atoms with Crippen LogP contribution in [0.25, 0.3) is 0 Å². The fourth-order valence-corrected chi connectivity index (χ4v) is 2.04. The van der Waals surface area contributed by atoms with E-state index in [1.807, 2.05) is 18.2 Å². The van der Waals surface area contributed by atoms with E-state index in [0.29, 0.717) is 11.4 Å². The van der Waals surface area contributed by atoms with Crippen molar-refractivity contribution in [2.24, 2.45) is 0 Å². The number of hydrogen-bond acceptors (Lipinski definition) is 3. The molecule has 0 bridgehead atoms. The first-order valence-corrected chi connectivity index (χ1v) is 6.23. The van der Waals surface area contributed by atoms with Crippen LogP contribution >= 0.6 is 15.9 Å². The minimum atomic E-state index is -0.453.